The molecule has 14 heterocycles. The predicted octanol–water partition coefficient (Wildman–Crippen LogP) is 24.2. The first-order valence-corrected chi connectivity index (χ1v) is 51.4. The Hall–Kier alpha value is -12.6. The van der Waals surface area contributed by atoms with Gasteiger partial charge in [0.15, 0.2) is 39.7 Å². The lowest BCUT2D eigenvalue weighted by Crippen LogP contribution is -2.38. The lowest BCUT2D eigenvalue weighted by atomic mass is 9.92. The van der Waals surface area contributed by atoms with Crippen LogP contribution in [-0.2, 0) is 56.1 Å². The Kier molecular flexibility index (Phi) is 37.3. The van der Waals surface area contributed by atoms with Crippen LogP contribution in [-0.4, -0.2) is 176 Å². The normalized spacial score (nSPS) is 13.8. The maximum atomic E-state index is 12.9. The predicted molar refractivity (Wildman–Crippen MR) is 573 cm³/mol. The number of imidazole rings is 6. The third-order valence-corrected chi connectivity index (χ3v) is 25.5. The molecule has 36 nitrogen and oxygen atoms in total. The van der Waals surface area contributed by atoms with Crippen molar-refractivity contribution < 1.29 is 60.7 Å². The first-order valence-electron chi connectivity index (χ1n) is 50.3. The van der Waals surface area contributed by atoms with Crippen LogP contribution in [0, 0.1) is 49.9 Å². The van der Waals surface area contributed by atoms with Crippen molar-refractivity contribution in [2.45, 2.75) is 323 Å². The molecule has 14 aromatic heterocycles. The van der Waals surface area contributed by atoms with Gasteiger partial charge in [0.1, 0.15) is 60.9 Å². The first kappa shape index (κ1) is 114. The van der Waals surface area contributed by atoms with Crippen molar-refractivity contribution in [2.24, 2.45) is 22.2 Å². The van der Waals surface area contributed by atoms with E-state index >= 15 is 0 Å². The molecule has 0 unspecified atom stereocenters. The minimum atomic E-state index is -4.49. The van der Waals surface area contributed by atoms with Crippen molar-refractivity contribution >= 4 is 173 Å². The summed E-state index contributed by atoms with van der Waals surface area (Å²) >= 11 is 17.9. The van der Waals surface area contributed by atoms with Crippen LogP contribution in [0.2, 0.25) is 15.5 Å². The Labute approximate surface area is 875 Å². The number of ether oxygens (including phenoxy) is 3. The zero-order valence-electron chi connectivity index (χ0n) is 89.2. The Morgan fingerprint density at radius 3 is 1.41 bits per heavy atom. The fourth-order valence-corrected chi connectivity index (χ4v) is 16.5. The quantitative estimate of drug-likeness (QED) is 0.0237. The number of methoxy groups -OCH3 is 1. The maximum absolute atomic E-state index is 12.9. The molecule has 3 aliphatic carbocycles. The van der Waals surface area contributed by atoms with Crippen molar-refractivity contribution in [3.8, 4) is 17.1 Å². The highest BCUT2D eigenvalue weighted by atomic mass is 35.5. The van der Waals surface area contributed by atoms with E-state index in [0.717, 1.165) is 118 Å². The fourth-order valence-electron chi connectivity index (χ4n) is 16.1. The summed E-state index contributed by atoms with van der Waals surface area (Å²) in [5.74, 6) is 3.30. The summed E-state index contributed by atoms with van der Waals surface area (Å²) in [4.78, 5) is 132. The number of aromatic nitrogens is 20. The lowest BCUT2D eigenvalue weighted by molar-refractivity contribution is -0.140. The molecule has 17 rings (SSSR count). The van der Waals surface area contributed by atoms with Gasteiger partial charge in [-0.2, -0.15) is 13.2 Å². The van der Waals surface area contributed by atoms with Crippen molar-refractivity contribution in [1.29, 1.82) is 0 Å². The number of alkyl halides is 3. The molecule has 0 atom stereocenters. The molecular formula is C106H140Cl3F3N26O10. The van der Waals surface area contributed by atoms with Crippen molar-refractivity contribution in [1.82, 2.24) is 97.4 Å². The van der Waals surface area contributed by atoms with Gasteiger partial charge in [0.2, 0.25) is 71.1 Å². The van der Waals surface area contributed by atoms with E-state index in [1.165, 1.54) is 25.3 Å². The van der Waals surface area contributed by atoms with Crippen LogP contribution < -0.4 is 31.9 Å². The topological polar surface area (TPSA) is 425 Å². The highest BCUT2D eigenvalue weighted by Gasteiger charge is 2.37. The van der Waals surface area contributed by atoms with Gasteiger partial charge in [0, 0.05) is 86.5 Å². The minimum Gasteiger partial charge on any atom is -0.378 e. The van der Waals surface area contributed by atoms with Crippen LogP contribution in [0.1, 0.15) is 282 Å². The van der Waals surface area contributed by atoms with Gasteiger partial charge < -0.3 is 18.7 Å². The third-order valence-electron chi connectivity index (χ3n) is 24.7. The number of rotatable bonds is 29. The number of aryl methyl sites for hydroxylation is 5. The van der Waals surface area contributed by atoms with Crippen LogP contribution in [0.15, 0.2) is 102 Å². The van der Waals surface area contributed by atoms with Crippen LogP contribution in [0.3, 0.4) is 0 Å². The van der Waals surface area contributed by atoms with E-state index in [2.05, 4.69) is 127 Å². The molecule has 148 heavy (non-hydrogen) atoms. The number of pyridine rings is 7. The lowest BCUT2D eigenvalue weighted by Gasteiger charge is -2.30. The van der Waals surface area contributed by atoms with Gasteiger partial charge in [-0.15, -0.1) is 0 Å². The number of halogens is 6. The van der Waals surface area contributed by atoms with Crippen molar-refractivity contribution in [3.05, 3.63) is 135 Å². The van der Waals surface area contributed by atoms with Gasteiger partial charge in [-0.05, 0) is 262 Å². The molecule has 0 aliphatic heterocycles. The molecule has 6 N–H and O–H groups in total. The average Bonchev–Trinajstić information content (AvgIpc) is 1.62. The Morgan fingerprint density at radius 1 is 0.473 bits per heavy atom. The molecule has 3 saturated carbocycles. The van der Waals surface area contributed by atoms with Gasteiger partial charge in [-0.3, -0.25) is 88.5 Å². The summed E-state index contributed by atoms with van der Waals surface area (Å²) in [6, 6.07) is 26.9. The molecule has 0 spiro atoms. The van der Waals surface area contributed by atoms with E-state index in [-0.39, 0.29) is 86.7 Å². The van der Waals surface area contributed by atoms with Crippen LogP contribution in [0.25, 0.3) is 84.1 Å². The fraction of sp³-hybridized carbons (Fsp3) is 0.528. The van der Waals surface area contributed by atoms with Crippen LogP contribution >= 0.6 is 34.8 Å². The number of nitrogens with zero attached hydrogens (tertiary/aromatic N) is 20. The van der Waals surface area contributed by atoms with E-state index < -0.39 is 29.6 Å². The molecule has 6 amide bonds. The number of amides is 6. The summed E-state index contributed by atoms with van der Waals surface area (Å²) in [5, 5.41) is 22.1. The molecular weight excluding hydrogens is 1960 g/mol. The van der Waals surface area contributed by atoms with Gasteiger partial charge in [-0.1, -0.05) is 115 Å². The minimum absolute atomic E-state index is 0.0195. The SMILES string of the molecule is CC(C)(C)OCC(C)(C)C(=O)Nc1nc2ccc(Cl)nc2n1C1CCC1.CC(C)(C)OCCC(=O)Nc1nc2ccc(-c3cccnc3)nc2n1C1CCC1.CCC(CC)CC(=O)Nc1nc2ccc(C)nc2n1C1CCC1.CCCn1c(NC(=O)CC(C)(C)OC)nc2ccc(Cl)nc21.Cc1cc2nc(NC(=O)CC(C)(C)C)n(CC(F)(F)F)c2nc1Cl.Cc1ccc2nc(NC(=O)CC(C)(C)C)n(-c3cc(C)on3)c2n1. The molecule has 3 fully saturated rings. The molecule has 0 bridgehead atoms. The molecule has 0 radical (unpaired) electrons. The van der Waals surface area contributed by atoms with E-state index in [4.69, 9.17) is 58.5 Å². The van der Waals surface area contributed by atoms with E-state index in [9.17, 15) is 41.9 Å². The Bertz CT molecular complexity index is 7020. The molecule has 3 aliphatic rings. The number of fused-ring (bicyclic) bond motifs is 6. The largest absolute Gasteiger partial charge is 0.406 e. The summed E-state index contributed by atoms with van der Waals surface area (Å²) in [6.45, 7) is 44.8. The van der Waals surface area contributed by atoms with Gasteiger partial charge in [0.25, 0.3) is 0 Å². The number of hydrogen-bond donors (Lipinski definition) is 6. The molecule has 42 heteroatoms. The average molecular weight is 2100 g/mol. The summed E-state index contributed by atoms with van der Waals surface area (Å²) in [6.07, 6.45) is 13.8. The summed E-state index contributed by atoms with van der Waals surface area (Å²) in [7, 11) is 1.59. The smallest absolute Gasteiger partial charge is 0.378 e. The van der Waals surface area contributed by atoms with Gasteiger partial charge >= 0.3 is 6.18 Å². The van der Waals surface area contributed by atoms with E-state index in [1.54, 1.807) is 55.3 Å². The maximum Gasteiger partial charge on any atom is 0.406 e. The monoisotopic (exact) mass is 2100 g/mol. The third kappa shape index (κ3) is 31.3. The highest BCUT2D eigenvalue weighted by Crippen LogP contribution is 2.42. The zero-order chi connectivity index (χ0) is 108. The number of carbonyl (C=O) groups is 6. The van der Waals surface area contributed by atoms with Crippen LogP contribution in [0.4, 0.5) is 48.9 Å². The number of hydrogen-bond acceptors (Lipinski definition) is 24. The second kappa shape index (κ2) is 48.4. The van der Waals surface area contributed by atoms with Crippen LogP contribution in [0.5, 0.6) is 0 Å². The second-order valence-electron chi connectivity index (χ2n) is 43.4. The molecule has 0 saturated heterocycles. The highest BCUT2D eigenvalue weighted by molar-refractivity contribution is 6.31. The Morgan fingerprint density at radius 2 is 0.919 bits per heavy atom. The van der Waals surface area contributed by atoms with Crippen molar-refractivity contribution in [3.63, 3.8) is 0 Å². The summed E-state index contributed by atoms with van der Waals surface area (Å²) < 4.78 is 71.3. The van der Waals surface area contributed by atoms with E-state index in [1.807, 2.05) is 195 Å². The Balaban J connectivity index is 0.000000158. The number of nitrogens with one attached hydrogen (secondary N) is 6. The molecule has 796 valence electrons. The molecule has 14 aromatic rings. The second-order valence-corrected chi connectivity index (χ2v) is 44.6. The zero-order valence-corrected chi connectivity index (χ0v) is 91.5. The van der Waals surface area contributed by atoms with Gasteiger partial charge in [0.05, 0.1) is 54.0 Å². The standard InChI is InChI=1S/C22H27N5O2.C19H27ClN4O2.C18H26N4O.C17H21N5O2.C15H18ClF3N4O.C15H21ClN4O2/c1-22(2,3)29-13-11-19(28)26-21-25-18-10-9-17(15-6-5-12-23-14-15)24-20(18)27(21)16-7-4-8-16;1-18(2,3)26-11-19(4,5)16(25)23-17-21-13-9-10-14(20)22-15(13)24(17)12-7-6-8-12;1-4-13(5-2)11-16(23)21-18-20-15-10-9-12(3)19-17(15)22(18)14-7-6-8-14;1-10-6-7-12-15(18-10)22(13-8-11(2)24-21-13)16(19-12)20-14(23)9-17(3,4)5;1-8-5-9-12(22-11(8)16)23(7-15(17,18)19)13(20-9)21-10(24)6-14(2,3)4;1-5-8-20-13-10(6-7-11(16)18-13)17-14(20)19-12(21)9-15(2,3)22-4/h5-6,9-10,12,14,16H,4,7-8,11,13H2,1-3H3,(H,25,26,28);9-10,12H,6-8,11H2,1-5H3,(H,21,23,25);9-10,13-14H,4-8,11H2,1-3H3,(H,20,21,23);6-8H,9H2,1-5H3,(H,19,20,23);5H,6-7H2,1-4H3,(H,20,21,24);6-7H,5,8-9H2,1-4H3,(H,17,19,21). The first-order chi connectivity index (χ1) is 69.5. The number of anilines is 6. The van der Waals surface area contributed by atoms with Crippen molar-refractivity contribution in [2.75, 3.05) is 52.2 Å². The number of carbonyl (C=O) groups excluding carboxylic acids is 6. The molecule has 0 aromatic carbocycles. The van der Waals surface area contributed by atoms with Gasteiger partial charge in [-0.25, -0.2) is 64.4 Å². The summed E-state index contributed by atoms with van der Waals surface area (Å²) in [5.41, 5.74) is 9.80. The van der Waals surface area contributed by atoms with E-state index in [0.29, 0.717) is 143 Å².